The Kier molecular flexibility index (Phi) is 4.73. The molecule has 1 aliphatic carbocycles. The van der Waals surface area contributed by atoms with E-state index in [1.54, 1.807) is 11.3 Å². The van der Waals surface area contributed by atoms with Crippen LogP contribution in [0.25, 0.3) is 0 Å². The lowest BCUT2D eigenvalue weighted by atomic mass is 9.96. The summed E-state index contributed by atoms with van der Waals surface area (Å²) in [5.41, 5.74) is 0.825. The molecule has 7 heteroatoms. The van der Waals surface area contributed by atoms with Crippen LogP contribution in [0.15, 0.2) is 12.1 Å². The highest BCUT2D eigenvalue weighted by atomic mass is 32.1. The van der Waals surface area contributed by atoms with Crippen LogP contribution < -0.4 is 0 Å². The Labute approximate surface area is 153 Å². The van der Waals surface area contributed by atoms with Crippen LogP contribution >= 0.6 is 11.3 Å². The van der Waals surface area contributed by atoms with Crippen molar-refractivity contribution < 1.29 is 18.0 Å². The number of hydrogen-bond acceptors (Lipinski definition) is 3. The van der Waals surface area contributed by atoms with E-state index in [-0.39, 0.29) is 0 Å². The Morgan fingerprint density at radius 2 is 1.81 bits per heavy atom. The molecule has 3 nitrogen and oxygen atoms in total. The molecule has 1 amide bonds. The van der Waals surface area contributed by atoms with Crippen LogP contribution in [0.4, 0.5) is 13.2 Å². The molecule has 0 bridgehead atoms. The summed E-state index contributed by atoms with van der Waals surface area (Å²) in [6.07, 6.45) is 6.09. The first-order valence-corrected chi connectivity index (χ1v) is 9.77. The number of aryl methyl sites for hydroxylation is 2. The molecule has 0 saturated carbocycles. The largest absolute Gasteiger partial charge is 0.339 e. The average molecular weight is 380 g/mol. The van der Waals surface area contributed by atoms with E-state index >= 15 is 0 Å². The summed E-state index contributed by atoms with van der Waals surface area (Å²) in [6.45, 7) is 0.929. The minimum atomic E-state index is -1.60. The first-order chi connectivity index (χ1) is 12.5. The number of nitrogens with zero attached hydrogens (tertiary/aromatic N) is 2. The number of carbonyl (C=O) groups is 1. The van der Waals surface area contributed by atoms with Crippen molar-refractivity contribution in [2.75, 3.05) is 13.1 Å². The number of hydrogen-bond donors (Lipinski definition) is 0. The van der Waals surface area contributed by atoms with E-state index in [0.29, 0.717) is 19.0 Å². The Bertz CT molecular complexity index is 820. The molecule has 2 aromatic rings. The lowest BCUT2D eigenvalue weighted by molar-refractivity contribution is 0.0706. The monoisotopic (exact) mass is 380 g/mol. The molecular weight excluding hydrogens is 361 g/mol. The van der Waals surface area contributed by atoms with Gasteiger partial charge in [-0.05, 0) is 50.7 Å². The Hall–Kier alpha value is -1.89. The SMILES string of the molecule is O=C(c1ccc(F)c(F)c1F)N1CCC(c2nc3c(s2)CCCC3)CC1. The number of carbonyl (C=O) groups excluding carboxylic acids is 1. The number of benzene rings is 1. The van der Waals surface area contributed by atoms with Crippen molar-refractivity contribution in [2.24, 2.45) is 0 Å². The fourth-order valence-corrected chi connectivity index (χ4v) is 5.06. The second-order valence-electron chi connectivity index (χ2n) is 6.92. The van der Waals surface area contributed by atoms with Crippen LogP contribution in [0, 0.1) is 17.5 Å². The topological polar surface area (TPSA) is 33.2 Å². The first-order valence-electron chi connectivity index (χ1n) is 8.96. The molecule has 0 radical (unpaired) electrons. The molecule has 4 rings (SSSR count). The minimum Gasteiger partial charge on any atom is -0.339 e. The predicted molar refractivity (Wildman–Crippen MR) is 93.0 cm³/mol. The van der Waals surface area contributed by atoms with Crippen molar-refractivity contribution in [1.82, 2.24) is 9.88 Å². The number of likely N-dealkylation sites (tertiary alicyclic amines) is 1. The van der Waals surface area contributed by atoms with Crippen molar-refractivity contribution in [2.45, 2.75) is 44.4 Å². The number of aromatic nitrogens is 1. The fourth-order valence-electron chi connectivity index (χ4n) is 3.74. The average Bonchev–Trinajstić information content (AvgIpc) is 3.10. The van der Waals surface area contributed by atoms with Gasteiger partial charge in [-0.3, -0.25) is 4.79 Å². The van der Waals surface area contributed by atoms with Gasteiger partial charge in [0.05, 0.1) is 16.3 Å². The third-order valence-electron chi connectivity index (χ3n) is 5.26. The summed E-state index contributed by atoms with van der Waals surface area (Å²) in [5, 5.41) is 1.14. The molecule has 138 valence electrons. The van der Waals surface area contributed by atoms with Gasteiger partial charge in [0.25, 0.3) is 5.91 Å². The van der Waals surface area contributed by atoms with Gasteiger partial charge in [-0.2, -0.15) is 0 Å². The van der Waals surface area contributed by atoms with Crippen LogP contribution in [-0.4, -0.2) is 28.9 Å². The maximum atomic E-state index is 13.9. The molecule has 1 aliphatic heterocycles. The van der Waals surface area contributed by atoms with Gasteiger partial charge in [-0.15, -0.1) is 11.3 Å². The van der Waals surface area contributed by atoms with Gasteiger partial charge < -0.3 is 4.90 Å². The fraction of sp³-hybridized carbons (Fsp3) is 0.474. The lowest BCUT2D eigenvalue weighted by Gasteiger charge is -2.31. The third kappa shape index (κ3) is 3.13. The molecule has 0 spiro atoms. The molecule has 0 atom stereocenters. The van der Waals surface area contributed by atoms with Crippen molar-refractivity contribution >= 4 is 17.2 Å². The van der Waals surface area contributed by atoms with Crippen molar-refractivity contribution in [1.29, 1.82) is 0 Å². The zero-order valence-corrected chi connectivity index (χ0v) is 15.1. The van der Waals surface area contributed by atoms with Crippen molar-refractivity contribution in [3.05, 3.63) is 50.7 Å². The quantitative estimate of drug-likeness (QED) is 0.721. The van der Waals surface area contributed by atoms with E-state index in [1.165, 1.54) is 28.3 Å². The maximum Gasteiger partial charge on any atom is 0.256 e. The van der Waals surface area contributed by atoms with Crippen LogP contribution in [-0.2, 0) is 12.8 Å². The maximum absolute atomic E-state index is 13.9. The zero-order chi connectivity index (χ0) is 18.3. The van der Waals surface area contributed by atoms with Gasteiger partial charge in [0.2, 0.25) is 0 Å². The van der Waals surface area contributed by atoms with E-state index in [1.807, 2.05) is 0 Å². The molecule has 0 unspecified atom stereocenters. The van der Waals surface area contributed by atoms with Gasteiger partial charge in [-0.25, -0.2) is 18.2 Å². The Morgan fingerprint density at radius 1 is 1.08 bits per heavy atom. The van der Waals surface area contributed by atoms with E-state index in [0.717, 1.165) is 42.8 Å². The predicted octanol–water partition coefficient (Wildman–Crippen LogP) is 4.46. The van der Waals surface area contributed by atoms with E-state index < -0.39 is 28.9 Å². The molecule has 1 aromatic heterocycles. The van der Waals surface area contributed by atoms with Gasteiger partial charge >= 0.3 is 0 Å². The Balaban J connectivity index is 1.44. The summed E-state index contributed by atoms with van der Waals surface area (Å²) in [7, 11) is 0. The first kappa shape index (κ1) is 17.5. The summed E-state index contributed by atoms with van der Waals surface area (Å²) in [5.74, 6) is -4.57. The number of fused-ring (bicyclic) bond motifs is 1. The van der Waals surface area contributed by atoms with Crippen molar-refractivity contribution in [3.63, 3.8) is 0 Å². The number of piperidine rings is 1. The summed E-state index contributed by atoms with van der Waals surface area (Å²) in [4.78, 5) is 20.2. The van der Waals surface area contributed by atoms with Crippen LogP contribution in [0.2, 0.25) is 0 Å². The van der Waals surface area contributed by atoms with E-state index in [4.69, 9.17) is 4.98 Å². The molecule has 26 heavy (non-hydrogen) atoms. The van der Waals surface area contributed by atoms with Crippen LogP contribution in [0.1, 0.15) is 57.5 Å². The third-order valence-corrected chi connectivity index (χ3v) is 6.58. The van der Waals surface area contributed by atoms with Crippen LogP contribution in [0.3, 0.4) is 0 Å². The molecular formula is C19H19F3N2OS. The standard InChI is InChI=1S/C19H19F3N2OS/c20-13-6-5-12(16(21)17(13)22)19(25)24-9-7-11(8-10-24)18-23-14-3-1-2-4-15(14)26-18/h5-6,11H,1-4,7-10H2. The number of halogens is 3. The highest BCUT2D eigenvalue weighted by Crippen LogP contribution is 2.35. The number of rotatable bonds is 2. The van der Waals surface area contributed by atoms with Crippen LogP contribution in [0.5, 0.6) is 0 Å². The lowest BCUT2D eigenvalue weighted by Crippen LogP contribution is -2.38. The summed E-state index contributed by atoms with van der Waals surface area (Å²) < 4.78 is 40.3. The smallest absolute Gasteiger partial charge is 0.256 e. The molecule has 2 aliphatic rings. The molecule has 1 aromatic carbocycles. The summed E-state index contributed by atoms with van der Waals surface area (Å²) in [6, 6.07) is 1.80. The number of thiazole rings is 1. The molecule has 0 N–H and O–H groups in total. The van der Waals surface area contributed by atoms with Gasteiger partial charge in [-0.1, -0.05) is 0 Å². The highest BCUT2D eigenvalue weighted by molar-refractivity contribution is 7.11. The van der Waals surface area contributed by atoms with E-state index in [2.05, 4.69) is 0 Å². The molecule has 2 heterocycles. The second kappa shape index (κ2) is 7.02. The summed E-state index contributed by atoms with van der Waals surface area (Å²) >= 11 is 1.79. The van der Waals surface area contributed by atoms with Gasteiger partial charge in [0, 0.05) is 23.9 Å². The van der Waals surface area contributed by atoms with E-state index in [9.17, 15) is 18.0 Å². The minimum absolute atomic E-state index is 0.310. The number of amides is 1. The Morgan fingerprint density at radius 3 is 2.54 bits per heavy atom. The zero-order valence-electron chi connectivity index (χ0n) is 14.2. The highest BCUT2D eigenvalue weighted by Gasteiger charge is 2.29. The molecule has 1 fully saturated rings. The second-order valence-corrected chi connectivity index (χ2v) is 8.03. The van der Waals surface area contributed by atoms with Gasteiger partial charge in [0.15, 0.2) is 17.5 Å². The molecule has 1 saturated heterocycles. The van der Waals surface area contributed by atoms with Gasteiger partial charge in [0.1, 0.15) is 0 Å². The normalized spacial score (nSPS) is 18.0. The van der Waals surface area contributed by atoms with Crippen molar-refractivity contribution in [3.8, 4) is 0 Å².